The Morgan fingerprint density at radius 1 is 1.68 bits per heavy atom. The average Bonchev–Trinajstić information content (AvgIpc) is 2.60. The Morgan fingerprint density at radius 3 is 3.21 bits per heavy atom. The van der Waals surface area contributed by atoms with E-state index in [1.54, 1.807) is 6.20 Å². The number of hydrogen-bond donors (Lipinski definition) is 3. The zero-order valence-corrected chi connectivity index (χ0v) is 11.6. The van der Waals surface area contributed by atoms with Crippen LogP contribution in [0.2, 0.25) is 0 Å². The number of aliphatic hydroxyl groups is 1. The standard InChI is InChI=1S/C14H22N4O/c1-10(9-19)8-11(2)18-7-6-16-13-12(18)4-3-5-17-14(13)15/h3,5,8,11,16,19H,4,6-7,9H2,1-2H3,(H2,15,17)/b10-8+/t11-/m0/s1. The predicted octanol–water partition coefficient (Wildman–Crippen LogP) is 0.705. The van der Waals surface area contributed by atoms with Crippen LogP contribution in [0.25, 0.3) is 0 Å². The Labute approximate surface area is 114 Å². The van der Waals surface area contributed by atoms with Gasteiger partial charge < -0.3 is 21.1 Å². The van der Waals surface area contributed by atoms with Crippen LogP contribution in [0.3, 0.4) is 0 Å². The van der Waals surface area contributed by atoms with E-state index in [4.69, 9.17) is 10.8 Å². The van der Waals surface area contributed by atoms with Crippen molar-refractivity contribution < 1.29 is 5.11 Å². The first-order valence-electron chi connectivity index (χ1n) is 6.64. The molecule has 104 valence electrons. The van der Waals surface area contributed by atoms with Gasteiger partial charge in [0.25, 0.3) is 0 Å². The topological polar surface area (TPSA) is 73.9 Å². The lowest BCUT2D eigenvalue weighted by Crippen LogP contribution is -2.45. The molecule has 19 heavy (non-hydrogen) atoms. The molecule has 2 aliphatic heterocycles. The highest BCUT2D eigenvalue weighted by atomic mass is 16.3. The smallest absolute Gasteiger partial charge is 0.148 e. The highest BCUT2D eigenvalue weighted by Gasteiger charge is 2.24. The molecular formula is C14H22N4O. The van der Waals surface area contributed by atoms with Crippen LogP contribution in [0.5, 0.6) is 0 Å². The van der Waals surface area contributed by atoms with E-state index in [0.29, 0.717) is 5.84 Å². The molecule has 2 aliphatic rings. The number of aliphatic hydroxyl groups excluding tert-OH is 1. The molecular weight excluding hydrogens is 240 g/mol. The molecule has 0 spiro atoms. The number of nitrogens with zero attached hydrogens (tertiary/aromatic N) is 2. The Bertz CT molecular complexity index is 462. The minimum Gasteiger partial charge on any atom is -0.392 e. The van der Waals surface area contributed by atoms with Crippen molar-refractivity contribution in [3.8, 4) is 0 Å². The van der Waals surface area contributed by atoms with Gasteiger partial charge in [-0.3, -0.25) is 0 Å². The van der Waals surface area contributed by atoms with E-state index in [9.17, 15) is 0 Å². The average molecular weight is 262 g/mol. The summed E-state index contributed by atoms with van der Waals surface area (Å²) in [6.07, 6.45) is 6.69. The second kappa shape index (κ2) is 5.93. The summed E-state index contributed by atoms with van der Waals surface area (Å²) in [5.41, 5.74) is 9.08. The van der Waals surface area contributed by atoms with Gasteiger partial charge in [0, 0.05) is 37.4 Å². The Kier molecular flexibility index (Phi) is 4.27. The summed E-state index contributed by atoms with van der Waals surface area (Å²) in [7, 11) is 0. The zero-order valence-electron chi connectivity index (χ0n) is 11.6. The molecule has 0 saturated heterocycles. The van der Waals surface area contributed by atoms with Crippen molar-refractivity contribution in [1.29, 1.82) is 0 Å². The third kappa shape index (κ3) is 2.98. The number of allylic oxidation sites excluding steroid dienone is 1. The van der Waals surface area contributed by atoms with E-state index in [2.05, 4.69) is 28.2 Å². The maximum atomic E-state index is 9.14. The number of nitrogens with one attached hydrogen (secondary N) is 1. The van der Waals surface area contributed by atoms with Gasteiger partial charge in [-0.1, -0.05) is 17.7 Å². The van der Waals surface area contributed by atoms with Gasteiger partial charge >= 0.3 is 0 Å². The summed E-state index contributed by atoms with van der Waals surface area (Å²) in [4.78, 5) is 6.51. The summed E-state index contributed by atoms with van der Waals surface area (Å²) in [6.45, 7) is 5.96. The summed E-state index contributed by atoms with van der Waals surface area (Å²) in [5, 5.41) is 12.5. The lowest BCUT2D eigenvalue weighted by atomic mass is 10.1. The summed E-state index contributed by atoms with van der Waals surface area (Å²) < 4.78 is 0. The molecule has 4 N–H and O–H groups in total. The molecule has 0 aliphatic carbocycles. The van der Waals surface area contributed by atoms with Gasteiger partial charge in [0.2, 0.25) is 0 Å². The van der Waals surface area contributed by atoms with E-state index in [0.717, 1.165) is 30.8 Å². The molecule has 5 nitrogen and oxygen atoms in total. The van der Waals surface area contributed by atoms with Crippen LogP contribution in [0.1, 0.15) is 20.3 Å². The largest absolute Gasteiger partial charge is 0.392 e. The van der Waals surface area contributed by atoms with Crippen molar-refractivity contribution in [2.75, 3.05) is 19.7 Å². The zero-order chi connectivity index (χ0) is 13.8. The Hall–Kier alpha value is -1.75. The number of aliphatic imine (C=N–C) groups is 1. The SMILES string of the molecule is C/C(=C\[C@H](C)N1CCNC2=C1CC=CN=C2N)CO. The molecule has 5 heteroatoms. The second-order valence-corrected chi connectivity index (χ2v) is 4.96. The minimum atomic E-state index is 0.103. The maximum Gasteiger partial charge on any atom is 0.148 e. The van der Waals surface area contributed by atoms with Crippen LogP contribution in [-0.2, 0) is 0 Å². The first-order chi connectivity index (χ1) is 9.13. The molecule has 0 saturated carbocycles. The quantitative estimate of drug-likeness (QED) is 0.655. The third-order valence-corrected chi connectivity index (χ3v) is 3.44. The Morgan fingerprint density at radius 2 is 2.47 bits per heavy atom. The second-order valence-electron chi connectivity index (χ2n) is 4.96. The molecule has 0 unspecified atom stereocenters. The van der Waals surface area contributed by atoms with E-state index in [1.165, 1.54) is 5.70 Å². The first-order valence-corrected chi connectivity index (χ1v) is 6.64. The molecule has 0 radical (unpaired) electrons. The molecule has 0 fully saturated rings. The van der Waals surface area contributed by atoms with Gasteiger partial charge in [0.1, 0.15) is 5.84 Å². The molecule has 1 atom stereocenters. The minimum absolute atomic E-state index is 0.103. The van der Waals surface area contributed by atoms with Gasteiger partial charge in [-0.25, -0.2) is 4.99 Å². The fraction of sp³-hybridized carbons (Fsp3) is 0.500. The molecule has 0 aromatic heterocycles. The predicted molar refractivity (Wildman–Crippen MR) is 77.4 cm³/mol. The van der Waals surface area contributed by atoms with Crippen LogP contribution >= 0.6 is 0 Å². The molecule has 0 aromatic rings. The van der Waals surface area contributed by atoms with E-state index in [-0.39, 0.29) is 12.6 Å². The van der Waals surface area contributed by atoms with Crippen molar-refractivity contribution in [3.05, 3.63) is 35.3 Å². The van der Waals surface area contributed by atoms with Crippen molar-refractivity contribution in [2.24, 2.45) is 10.7 Å². The highest BCUT2D eigenvalue weighted by Crippen LogP contribution is 2.23. The normalized spacial score (nSPS) is 21.5. The molecule has 0 amide bonds. The van der Waals surface area contributed by atoms with Crippen molar-refractivity contribution in [1.82, 2.24) is 10.2 Å². The van der Waals surface area contributed by atoms with Crippen LogP contribution in [0, 0.1) is 0 Å². The fourth-order valence-electron chi connectivity index (χ4n) is 2.51. The van der Waals surface area contributed by atoms with E-state index in [1.807, 2.05) is 13.0 Å². The van der Waals surface area contributed by atoms with Gasteiger partial charge in [-0.2, -0.15) is 0 Å². The van der Waals surface area contributed by atoms with Gasteiger partial charge in [0.15, 0.2) is 0 Å². The van der Waals surface area contributed by atoms with E-state index < -0.39 is 0 Å². The lowest BCUT2D eigenvalue weighted by Gasteiger charge is -2.37. The lowest BCUT2D eigenvalue weighted by molar-refractivity contribution is 0.279. The van der Waals surface area contributed by atoms with Crippen LogP contribution < -0.4 is 11.1 Å². The van der Waals surface area contributed by atoms with E-state index >= 15 is 0 Å². The van der Waals surface area contributed by atoms with Gasteiger partial charge in [-0.05, 0) is 13.8 Å². The van der Waals surface area contributed by atoms with Crippen LogP contribution in [0.15, 0.2) is 40.3 Å². The molecule has 0 aromatic carbocycles. The number of amidine groups is 1. The summed E-state index contributed by atoms with van der Waals surface area (Å²) in [5.74, 6) is 0.545. The molecule has 2 heterocycles. The summed E-state index contributed by atoms with van der Waals surface area (Å²) in [6, 6.07) is 0.235. The number of nitrogens with two attached hydrogens (primary N) is 1. The Balaban J connectivity index is 2.29. The molecule has 2 rings (SSSR count). The number of hydrogen-bond acceptors (Lipinski definition) is 5. The summed E-state index contributed by atoms with van der Waals surface area (Å²) >= 11 is 0. The van der Waals surface area contributed by atoms with Crippen LogP contribution in [0.4, 0.5) is 0 Å². The maximum absolute atomic E-state index is 9.14. The van der Waals surface area contributed by atoms with Crippen molar-refractivity contribution in [3.63, 3.8) is 0 Å². The third-order valence-electron chi connectivity index (χ3n) is 3.44. The van der Waals surface area contributed by atoms with Crippen LogP contribution in [-0.4, -0.2) is 41.6 Å². The van der Waals surface area contributed by atoms with Crippen molar-refractivity contribution in [2.45, 2.75) is 26.3 Å². The highest BCUT2D eigenvalue weighted by molar-refractivity contribution is 5.97. The van der Waals surface area contributed by atoms with Gasteiger partial charge in [0.05, 0.1) is 12.3 Å². The fourth-order valence-corrected chi connectivity index (χ4v) is 2.51. The van der Waals surface area contributed by atoms with Gasteiger partial charge in [-0.15, -0.1) is 0 Å². The number of rotatable bonds is 3. The van der Waals surface area contributed by atoms with Crippen molar-refractivity contribution >= 4 is 5.84 Å². The first kappa shape index (κ1) is 13.7. The molecule has 0 bridgehead atoms. The monoisotopic (exact) mass is 262 g/mol.